The van der Waals surface area contributed by atoms with Crippen LogP contribution in [0.1, 0.15) is 20.3 Å². The van der Waals surface area contributed by atoms with Crippen molar-refractivity contribution in [1.82, 2.24) is 5.32 Å². The SMILES string of the molecule is CC(C)(CNC(=O)C1C=CC(N)C1)S(C)(=O)=O. The topological polar surface area (TPSA) is 89.3 Å². The summed E-state index contributed by atoms with van der Waals surface area (Å²) < 4.78 is 22.0. The van der Waals surface area contributed by atoms with Crippen LogP contribution in [0.15, 0.2) is 12.2 Å². The maximum atomic E-state index is 11.8. The third-order valence-electron chi connectivity index (χ3n) is 3.15. The Labute approximate surface area is 102 Å². The van der Waals surface area contributed by atoms with Gasteiger partial charge in [0.15, 0.2) is 9.84 Å². The minimum atomic E-state index is -3.19. The normalized spacial score (nSPS) is 24.9. The summed E-state index contributed by atoms with van der Waals surface area (Å²) in [5.41, 5.74) is 5.65. The van der Waals surface area contributed by atoms with E-state index in [1.807, 2.05) is 0 Å². The molecule has 0 aliphatic heterocycles. The van der Waals surface area contributed by atoms with Crippen LogP contribution in [0.4, 0.5) is 0 Å². The first kappa shape index (κ1) is 14.2. The van der Waals surface area contributed by atoms with E-state index in [1.165, 1.54) is 6.26 Å². The van der Waals surface area contributed by atoms with Crippen molar-refractivity contribution in [2.24, 2.45) is 11.7 Å². The summed E-state index contributed by atoms with van der Waals surface area (Å²) in [4.78, 5) is 11.8. The summed E-state index contributed by atoms with van der Waals surface area (Å²) in [6.45, 7) is 3.31. The van der Waals surface area contributed by atoms with Crippen LogP contribution in [0.3, 0.4) is 0 Å². The highest BCUT2D eigenvalue weighted by atomic mass is 32.2. The quantitative estimate of drug-likeness (QED) is 0.687. The van der Waals surface area contributed by atoms with Crippen LogP contribution >= 0.6 is 0 Å². The number of nitrogens with one attached hydrogen (secondary N) is 1. The molecule has 0 aromatic heterocycles. The average molecular weight is 260 g/mol. The fourth-order valence-electron chi connectivity index (χ4n) is 1.48. The van der Waals surface area contributed by atoms with E-state index in [2.05, 4.69) is 5.32 Å². The average Bonchev–Trinajstić information content (AvgIpc) is 2.59. The predicted molar refractivity (Wildman–Crippen MR) is 67.2 cm³/mol. The monoisotopic (exact) mass is 260 g/mol. The van der Waals surface area contributed by atoms with Crippen LogP contribution in [0, 0.1) is 5.92 Å². The lowest BCUT2D eigenvalue weighted by molar-refractivity contribution is -0.123. The van der Waals surface area contributed by atoms with Gasteiger partial charge in [-0.1, -0.05) is 12.2 Å². The van der Waals surface area contributed by atoms with Gasteiger partial charge >= 0.3 is 0 Å². The Morgan fingerprint density at radius 3 is 2.47 bits per heavy atom. The zero-order valence-electron chi connectivity index (χ0n) is 10.4. The van der Waals surface area contributed by atoms with Gasteiger partial charge < -0.3 is 11.1 Å². The third kappa shape index (κ3) is 3.54. The summed E-state index contributed by atoms with van der Waals surface area (Å²) in [5, 5.41) is 2.67. The van der Waals surface area contributed by atoms with E-state index < -0.39 is 14.6 Å². The second kappa shape index (κ2) is 4.78. The Morgan fingerprint density at radius 2 is 2.06 bits per heavy atom. The molecule has 0 saturated heterocycles. The molecule has 1 aliphatic rings. The van der Waals surface area contributed by atoms with Crippen LogP contribution in [-0.2, 0) is 14.6 Å². The van der Waals surface area contributed by atoms with E-state index >= 15 is 0 Å². The van der Waals surface area contributed by atoms with Crippen molar-refractivity contribution in [1.29, 1.82) is 0 Å². The van der Waals surface area contributed by atoms with Crippen LogP contribution in [0.2, 0.25) is 0 Å². The minimum absolute atomic E-state index is 0.0753. The zero-order valence-corrected chi connectivity index (χ0v) is 11.3. The van der Waals surface area contributed by atoms with Crippen molar-refractivity contribution < 1.29 is 13.2 Å². The first-order valence-corrected chi connectivity index (χ1v) is 7.44. The van der Waals surface area contributed by atoms with Gasteiger partial charge in [0.2, 0.25) is 5.91 Å². The summed E-state index contributed by atoms with van der Waals surface area (Å²) in [6.07, 6.45) is 5.33. The molecule has 0 fully saturated rings. The van der Waals surface area contributed by atoms with Gasteiger partial charge in [-0.25, -0.2) is 8.42 Å². The highest BCUT2D eigenvalue weighted by Gasteiger charge is 2.31. The van der Waals surface area contributed by atoms with E-state index in [0.29, 0.717) is 6.42 Å². The van der Waals surface area contributed by atoms with Crippen LogP contribution < -0.4 is 11.1 Å². The molecule has 0 radical (unpaired) electrons. The van der Waals surface area contributed by atoms with E-state index in [9.17, 15) is 13.2 Å². The molecule has 5 nitrogen and oxygen atoms in total. The van der Waals surface area contributed by atoms with E-state index in [-0.39, 0.29) is 24.4 Å². The minimum Gasteiger partial charge on any atom is -0.354 e. The molecule has 1 amide bonds. The standard InChI is InChI=1S/C11H20N2O3S/c1-11(2,17(3,15)16)7-13-10(14)8-4-5-9(12)6-8/h4-5,8-9H,6-7,12H2,1-3H3,(H,13,14). The van der Waals surface area contributed by atoms with Crippen molar-refractivity contribution in [2.75, 3.05) is 12.8 Å². The van der Waals surface area contributed by atoms with Crippen molar-refractivity contribution in [3.63, 3.8) is 0 Å². The van der Waals surface area contributed by atoms with Crippen molar-refractivity contribution in [3.8, 4) is 0 Å². The molecular formula is C11H20N2O3S. The molecule has 2 unspecified atom stereocenters. The number of hydrogen-bond donors (Lipinski definition) is 2. The molecule has 0 spiro atoms. The molecule has 3 N–H and O–H groups in total. The summed E-state index contributed by atoms with van der Waals surface area (Å²) in [5.74, 6) is -0.397. The maximum absolute atomic E-state index is 11.8. The molecule has 1 aliphatic carbocycles. The summed E-state index contributed by atoms with van der Waals surface area (Å²) >= 11 is 0. The van der Waals surface area contributed by atoms with Gasteiger partial charge in [-0.2, -0.15) is 0 Å². The van der Waals surface area contributed by atoms with Crippen LogP contribution in [0.25, 0.3) is 0 Å². The number of rotatable bonds is 4. The molecule has 0 aromatic rings. The van der Waals surface area contributed by atoms with Gasteiger partial charge in [0.1, 0.15) is 0 Å². The second-order valence-electron chi connectivity index (χ2n) is 5.14. The Morgan fingerprint density at radius 1 is 1.47 bits per heavy atom. The molecular weight excluding hydrogens is 240 g/mol. The molecule has 0 heterocycles. The molecule has 17 heavy (non-hydrogen) atoms. The van der Waals surface area contributed by atoms with Gasteiger partial charge in [0.25, 0.3) is 0 Å². The summed E-state index contributed by atoms with van der Waals surface area (Å²) in [6, 6.07) is -0.0753. The number of nitrogens with two attached hydrogens (primary N) is 1. The molecule has 0 bridgehead atoms. The van der Waals surface area contributed by atoms with Crippen molar-refractivity contribution in [3.05, 3.63) is 12.2 Å². The maximum Gasteiger partial charge on any atom is 0.227 e. The van der Waals surface area contributed by atoms with E-state index in [4.69, 9.17) is 5.73 Å². The van der Waals surface area contributed by atoms with Crippen molar-refractivity contribution in [2.45, 2.75) is 31.1 Å². The largest absolute Gasteiger partial charge is 0.354 e. The first-order valence-electron chi connectivity index (χ1n) is 5.55. The first-order chi connectivity index (χ1) is 7.63. The van der Waals surface area contributed by atoms with Gasteiger partial charge in [0.05, 0.1) is 10.7 Å². The van der Waals surface area contributed by atoms with Crippen molar-refractivity contribution >= 4 is 15.7 Å². The molecule has 0 aromatic carbocycles. The third-order valence-corrected chi connectivity index (χ3v) is 5.30. The fourth-order valence-corrected chi connectivity index (χ4v) is 1.82. The van der Waals surface area contributed by atoms with E-state index in [1.54, 1.807) is 26.0 Å². The Hall–Kier alpha value is -0.880. The number of carbonyl (C=O) groups excluding carboxylic acids is 1. The van der Waals surface area contributed by atoms with Gasteiger partial charge in [-0.3, -0.25) is 4.79 Å². The molecule has 98 valence electrons. The Kier molecular flexibility index (Phi) is 3.99. The number of carbonyl (C=O) groups is 1. The summed E-state index contributed by atoms with van der Waals surface area (Å²) in [7, 11) is -3.19. The smallest absolute Gasteiger partial charge is 0.227 e. The highest BCUT2D eigenvalue weighted by Crippen LogP contribution is 2.18. The predicted octanol–water partition coefficient (Wildman–Crippen LogP) is -0.171. The fraction of sp³-hybridized carbons (Fsp3) is 0.727. The molecule has 2 atom stereocenters. The van der Waals surface area contributed by atoms with Crippen LogP contribution in [-0.4, -0.2) is 37.9 Å². The van der Waals surface area contributed by atoms with Gasteiger partial charge in [0, 0.05) is 18.8 Å². The Bertz CT molecular complexity index is 426. The second-order valence-corrected chi connectivity index (χ2v) is 7.79. The Balaban J connectivity index is 2.52. The lowest BCUT2D eigenvalue weighted by Gasteiger charge is -2.23. The number of sulfone groups is 1. The molecule has 1 rings (SSSR count). The lowest BCUT2D eigenvalue weighted by Crippen LogP contribution is -2.45. The lowest BCUT2D eigenvalue weighted by atomic mass is 10.1. The zero-order chi connectivity index (χ0) is 13.3. The number of hydrogen-bond acceptors (Lipinski definition) is 4. The molecule has 0 saturated carbocycles. The number of amides is 1. The molecule has 6 heteroatoms. The highest BCUT2D eigenvalue weighted by molar-refractivity contribution is 7.92. The van der Waals surface area contributed by atoms with E-state index in [0.717, 1.165) is 0 Å². The van der Waals surface area contributed by atoms with Gasteiger partial charge in [-0.05, 0) is 20.3 Å². The van der Waals surface area contributed by atoms with Gasteiger partial charge in [-0.15, -0.1) is 0 Å². The van der Waals surface area contributed by atoms with Crippen LogP contribution in [0.5, 0.6) is 0 Å².